The summed E-state index contributed by atoms with van der Waals surface area (Å²) in [5.41, 5.74) is 1.26. The van der Waals surface area contributed by atoms with Crippen LogP contribution in [0.5, 0.6) is 0 Å². The molecule has 11 heteroatoms. The van der Waals surface area contributed by atoms with E-state index in [2.05, 4.69) is 19.2 Å². The third kappa shape index (κ3) is 5.48. The van der Waals surface area contributed by atoms with Crippen molar-refractivity contribution < 1.29 is 20.1 Å². The van der Waals surface area contributed by atoms with Crippen LogP contribution in [0.15, 0.2) is 20.9 Å². The van der Waals surface area contributed by atoms with Gasteiger partial charge in [-0.3, -0.25) is 23.6 Å². The van der Waals surface area contributed by atoms with Crippen LogP contribution in [-0.2, 0) is 24.9 Å². The van der Waals surface area contributed by atoms with E-state index in [1.54, 1.807) is 11.5 Å². The number of nitrogens with one attached hydrogen (secondary N) is 1. The van der Waals surface area contributed by atoms with Gasteiger partial charge in [0.25, 0.3) is 11.5 Å². The summed E-state index contributed by atoms with van der Waals surface area (Å²) in [6.45, 7) is 12.1. The number of nitrogens with zero attached hydrogens (tertiary/aromatic N) is 3. The van der Waals surface area contributed by atoms with Crippen molar-refractivity contribution in [3.05, 3.63) is 42.5 Å². The fourth-order valence-electron chi connectivity index (χ4n) is 4.32. The maximum Gasteiger partial charge on any atom is 0.331 e. The summed E-state index contributed by atoms with van der Waals surface area (Å²) in [4.78, 5) is 46.4. The quantitative estimate of drug-likeness (QED) is 0.459. The largest absolute Gasteiger partial charge is 0.389 e. The number of aliphatic hydroxyl groups excluding tert-OH is 1. The number of hydroxylamine groups is 2. The van der Waals surface area contributed by atoms with Gasteiger partial charge in [0.1, 0.15) is 23.2 Å². The van der Waals surface area contributed by atoms with Gasteiger partial charge >= 0.3 is 5.69 Å². The molecule has 1 saturated heterocycles. The van der Waals surface area contributed by atoms with E-state index in [-0.39, 0.29) is 42.5 Å². The van der Waals surface area contributed by atoms with E-state index < -0.39 is 23.3 Å². The Balaban J connectivity index is 2.33. The minimum absolute atomic E-state index is 0.00594. The standard InChI is InChI=1S/C24H35N5O5S/c1-12(2)9-28-23-20(21(31)27(7)24(28)33)19(22(32)29-10-16(30)11-34-29)18(35-23)8-17(14(5)25)15(6)26-13(3)4/h12-13,16,25-26,30H,8-11H2,1-7H3/p+1/b17-15-,25-14?/t16-/m0/s1. The van der Waals surface area contributed by atoms with Crippen molar-refractivity contribution in [1.29, 1.82) is 5.41 Å². The minimum Gasteiger partial charge on any atom is -0.389 e. The molecule has 0 aliphatic carbocycles. The molecule has 2 aromatic heterocycles. The van der Waals surface area contributed by atoms with Gasteiger partial charge < -0.3 is 15.8 Å². The van der Waals surface area contributed by atoms with E-state index in [1.165, 1.54) is 18.4 Å². The van der Waals surface area contributed by atoms with Crippen molar-refractivity contribution in [1.82, 2.24) is 14.2 Å². The van der Waals surface area contributed by atoms with Crippen molar-refractivity contribution in [2.45, 2.75) is 66.7 Å². The third-order valence-electron chi connectivity index (χ3n) is 5.88. The van der Waals surface area contributed by atoms with Crippen LogP contribution >= 0.6 is 11.3 Å². The highest BCUT2D eigenvalue weighted by Gasteiger charge is 2.33. The van der Waals surface area contributed by atoms with E-state index in [9.17, 15) is 19.5 Å². The number of quaternary nitrogens is 1. The molecule has 3 heterocycles. The van der Waals surface area contributed by atoms with Crippen molar-refractivity contribution in [2.75, 3.05) is 13.2 Å². The first-order valence-electron chi connectivity index (χ1n) is 11.8. The lowest BCUT2D eigenvalue weighted by atomic mass is 10.0. The normalized spacial score (nSPS) is 17.1. The van der Waals surface area contributed by atoms with E-state index in [0.717, 1.165) is 20.9 Å². The maximum atomic E-state index is 13.7. The van der Waals surface area contributed by atoms with Gasteiger partial charge in [-0.05, 0) is 26.7 Å². The van der Waals surface area contributed by atoms with Crippen LogP contribution in [-0.4, -0.2) is 56.2 Å². The number of fused-ring (bicyclic) bond motifs is 1. The highest BCUT2D eigenvalue weighted by molar-refractivity contribution is 7.19. The summed E-state index contributed by atoms with van der Waals surface area (Å²) in [7, 11) is 1.41. The minimum atomic E-state index is -0.809. The molecule has 0 aromatic carbocycles. The maximum absolute atomic E-state index is 13.7. The molecule has 1 fully saturated rings. The molecule has 3 rings (SSSR count). The number of aromatic nitrogens is 2. The number of β-amino-alcohol motifs (C(OH)–C–C–N with tert-alkyl or cyclic N) is 1. The Labute approximate surface area is 208 Å². The predicted octanol–water partition coefficient (Wildman–Crippen LogP) is 0.994. The Bertz CT molecular complexity index is 1300. The van der Waals surface area contributed by atoms with E-state index in [0.29, 0.717) is 22.0 Å². The van der Waals surface area contributed by atoms with Crippen molar-refractivity contribution in [3.8, 4) is 0 Å². The monoisotopic (exact) mass is 506 g/mol. The van der Waals surface area contributed by atoms with E-state index in [1.807, 2.05) is 20.8 Å². The second-order valence-corrected chi connectivity index (χ2v) is 11.0. The number of nitrogens with two attached hydrogens (primary N) is 1. The van der Waals surface area contributed by atoms with Crippen LogP contribution in [0.3, 0.4) is 0 Å². The molecule has 1 aliphatic rings. The average Bonchev–Trinajstić information content (AvgIpc) is 3.35. The molecule has 1 amide bonds. The highest BCUT2D eigenvalue weighted by Crippen LogP contribution is 2.33. The Kier molecular flexibility index (Phi) is 8.15. The Hall–Kier alpha value is -2.60. The van der Waals surface area contributed by atoms with Crippen LogP contribution < -0.4 is 16.6 Å². The Morgan fingerprint density at radius 2 is 1.91 bits per heavy atom. The van der Waals surface area contributed by atoms with Gasteiger partial charge in [-0.15, -0.1) is 11.3 Å². The van der Waals surface area contributed by atoms with E-state index in [4.69, 9.17) is 10.2 Å². The van der Waals surface area contributed by atoms with Gasteiger partial charge in [-0.25, -0.2) is 9.86 Å². The molecule has 0 bridgehead atoms. The molecule has 1 atom stereocenters. The molecule has 1 aliphatic heterocycles. The predicted molar refractivity (Wildman–Crippen MR) is 136 cm³/mol. The summed E-state index contributed by atoms with van der Waals surface area (Å²) in [6, 6.07) is 0.274. The molecule has 0 spiro atoms. The fourth-order valence-corrected chi connectivity index (χ4v) is 5.62. The number of carbonyl (C=O) groups excluding carboxylic acids is 1. The lowest BCUT2D eigenvalue weighted by Gasteiger charge is -2.16. The van der Waals surface area contributed by atoms with Gasteiger partial charge in [-0.1, -0.05) is 13.8 Å². The number of carbonyl (C=O) groups is 1. The van der Waals surface area contributed by atoms with Crippen LogP contribution in [0.2, 0.25) is 0 Å². The molecular weight excluding hydrogens is 470 g/mol. The van der Waals surface area contributed by atoms with Crippen LogP contribution in [0.25, 0.3) is 10.2 Å². The van der Waals surface area contributed by atoms with Gasteiger partial charge in [-0.2, -0.15) is 0 Å². The second-order valence-electron chi connectivity index (χ2n) is 9.92. The zero-order valence-electron chi connectivity index (χ0n) is 21.5. The average molecular weight is 507 g/mol. The summed E-state index contributed by atoms with van der Waals surface area (Å²) >= 11 is 1.24. The molecule has 4 N–H and O–H groups in total. The third-order valence-corrected chi connectivity index (χ3v) is 7.09. The number of allylic oxidation sites excluding steroid dienone is 2. The molecule has 0 unspecified atom stereocenters. The summed E-state index contributed by atoms with van der Waals surface area (Å²) in [6.07, 6.45) is -0.545. The second kappa shape index (κ2) is 10.6. The fraction of sp³-hybridized carbons (Fsp3) is 0.583. The summed E-state index contributed by atoms with van der Waals surface area (Å²) in [5, 5.41) is 21.6. The highest BCUT2D eigenvalue weighted by atomic mass is 32.1. The summed E-state index contributed by atoms with van der Waals surface area (Å²) in [5.74, 6) is -0.389. The van der Waals surface area contributed by atoms with Crippen LogP contribution in [0.4, 0.5) is 0 Å². The molecule has 192 valence electrons. The molecule has 0 radical (unpaired) electrons. The zero-order chi connectivity index (χ0) is 26.2. The first-order valence-corrected chi connectivity index (χ1v) is 12.6. The van der Waals surface area contributed by atoms with Gasteiger partial charge in [0.15, 0.2) is 0 Å². The number of amides is 1. The SMILES string of the molecule is CC(=N)/C(Cc1sc2c(c1C(=O)N1C[C@H](O)CO1)c(=O)n(C)c(=O)n2CC(C)C)=C(/C)[NH2+]C(C)C. The zero-order valence-corrected chi connectivity index (χ0v) is 22.3. The lowest BCUT2D eigenvalue weighted by molar-refractivity contribution is -0.636. The number of hydrogen-bond donors (Lipinski definition) is 3. The van der Waals surface area contributed by atoms with E-state index >= 15 is 0 Å². The van der Waals surface area contributed by atoms with Gasteiger partial charge in [0.05, 0.1) is 23.5 Å². The Morgan fingerprint density at radius 3 is 2.43 bits per heavy atom. The molecule has 35 heavy (non-hydrogen) atoms. The number of thiophene rings is 1. The van der Waals surface area contributed by atoms with Gasteiger partial charge in [0, 0.05) is 43.1 Å². The van der Waals surface area contributed by atoms with Crippen LogP contribution in [0.1, 0.15) is 56.8 Å². The molecule has 0 saturated carbocycles. The number of aliphatic hydroxyl groups is 1. The van der Waals surface area contributed by atoms with Crippen molar-refractivity contribution >= 4 is 33.2 Å². The number of hydrogen-bond acceptors (Lipinski definition) is 7. The van der Waals surface area contributed by atoms with Crippen LogP contribution in [0, 0.1) is 11.3 Å². The topological polar surface area (TPSA) is 134 Å². The number of rotatable bonds is 8. The molecular formula is C24H36N5O5S+. The first kappa shape index (κ1) is 27.0. The molecule has 10 nitrogen and oxygen atoms in total. The first-order chi connectivity index (χ1) is 16.3. The lowest BCUT2D eigenvalue weighted by Crippen LogP contribution is -2.86. The van der Waals surface area contributed by atoms with Crippen molar-refractivity contribution in [3.63, 3.8) is 0 Å². The van der Waals surface area contributed by atoms with Gasteiger partial charge in [0.2, 0.25) is 0 Å². The Morgan fingerprint density at radius 1 is 1.26 bits per heavy atom. The summed E-state index contributed by atoms with van der Waals surface area (Å²) < 4.78 is 2.59. The molecule has 2 aromatic rings. The van der Waals surface area contributed by atoms with Crippen molar-refractivity contribution in [2.24, 2.45) is 13.0 Å². The smallest absolute Gasteiger partial charge is 0.331 e.